The molecule has 0 aliphatic rings. The van der Waals surface area contributed by atoms with E-state index in [1.807, 2.05) is 45.8 Å². The Morgan fingerprint density at radius 3 is 3.00 bits per heavy atom. The Bertz CT molecular complexity index is 1350. The number of hydrogen-bond acceptors (Lipinski definition) is 6. The molecule has 8 nitrogen and oxygen atoms in total. The highest BCUT2D eigenvalue weighted by atomic mass is 16.5. The maximum absolute atomic E-state index is 9.54. The maximum Gasteiger partial charge on any atom is 0.156 e. The van der Waals surface area contributed by atoms with Gasteiger partial charge in [-0.25, -0.2) is 9.97 Å². The average Bonchev–Trinajstić information content (AvgIpc) is 3.44. The molecule has 8 heteroatoms. The summed E-state index contributed by atoms with van der Waals surface area (Å²) in [5.41, 5.74) is 2.20. The van der Waals surface area contributed by atoms with Crippen molar-refractivity contribution in [3.05, 3.63) is 79.1 Å². The zero-order valence-electron chi connectivity index (χ0n) is 15.3. The van der Waals surface area contributed by atoms with E-state index < -0.39 is 0 Å². The summed E-state index contributed by atoms with van der Waals surface area (Å²) in [6.45, 7) is 1.18. The van der Waals surface area contributed by atoms with Crippen LogP contribution in [0.15, 0.2) is 83.3 Å². The highest BCUT2D eigenvalue weighted by molar-refractivity contribution is 5.79. The molecule has 0 atom stereocenters. The van der Waals surface area contributed by atoms with Crippen LogP contribution in [0.2, 0.25) is 0 Å². The summed E-state index contributed by atoms with van der Waals surface area (Å²) in [4.78, 5) is 8.45. The van der Waals surface area contributed by atoms with E-state index in [0.717, 1.165) is 5.52 Å². The van der Waals surface area contributed by atoms with Gasteiger partial charge in [-0.05, 0) is 30.3 Å². The van der Waals surface area contributed by atoms with E-state index in [4.69, 9.17) is 9.15 Å². The second kappa shape index (κ2) is 7.16. The molecule has 4 aromatic heterocycles. The molecule has 1 aromatic carbocycles. The van der Waals surface area contributed by atoms with Crippen LogP contribution < -0.4 is 10.1 Å². The third-order valence-electron chi connectivity index (χ3n) is 4.66. The van der Waals surface area contributed by atoms with E-state index in [1.54, 1.807) is 36.9 Å². The van der Waals surface area contributed by atoms with Crippen molar-refractivity contribution in [3.63, 3.8) is 0 Å². The van der Waals surface area contributed by atoms with E-state index in [2.05, 4.69) is 15.1 Å². The maximum atomic E-state index is 9.54. The second-order valence-corrected chi connectivity index (χ2v) is 6.52. The predicted octanol–water partition coefficient (Wildman–Crippen LogP) is 3.31. The van der Waals surface area contributed by atoms with Gasteiger partial charge >= 0.3 is 0 Å². The molecule has 0 radical (unpaired) electrons. The van der Waals surface area contributed by atoms with Gasteiger partial charge in [0.1, 0.15) is 29.0 Å². The van der Waals surface area contributed by atoms with Crippen molar-refractivity contribution in [2.45, 2.75) is 6.54 Å². The lowest BCUT2D eigenvalue weighted by atomic mass is 10.2. The Labute approximate surface area is 164 Å². The monoisotopic (exact) mass is 387 g/mol. The Balaban J connectivity index is 1.47. The smallest absolute Gasteiger partial charge is 0.156 e. The van der Waals surface area contributed by atoms with Crippen molar-refractivity contribution in [2.75, 3.05) is 6.61 Å². The third-order valence-corrected chi connectivity index (χ3v) is 4.66. The standard InChI is InChI=1S/C21H17N5O3/c27-24-18-11-21(19-13-26-6-1-2-15(26)12-23-19)29-20-4-3-16(10-17(18)20)28-9-8-25-7-5-22-14-25/h1-7,10-14,27H,8-9H2/b24-18-. The van der Waals surface area contributed by atoms with E-state index in [9.17, 15) is 5.21 Å². The first-order valence-corrected chi connectivity index (χ1v) is 9.08. The van der Waals surface area contributed by atoms with Gasteiger partial charge in [0.05, 0.1) is 30.0 Å². The van der Waals surface area contributed by atoms with Crippen LogP contribution in [0, 0.1) is 0 Å². The zero-order valence-corrected chi connectivity index (χ0v) is 15.3. The number of imidazole rings is 1. The van der Waals surface area contributed by atoms with Gasteiger partial charge in [0, 0.05) is 30.9 Å². The van der Waals surface area contributed by atoms with Crippen molar-refractivity contribution in [1.29, 1.82) is 0 Å². The first-order valence-electron chi connectivity index (χ1n) is 9.08. The summed E-state index contributed by atoms with van der Waals surface area (Å²) in [5, 5.41) is 14.0. The van der Waals surface area contributed by atoms with Crippen molar-refractivity contribution < 1.29 is 14.4 Å². The van der Waals surface area contributed by atoms with Gasteiger partial charge in [0.15, 0.2) is 5.76 Å². The van der Waals surface area contributed by atoms with E-state index >= 15 is 0 Å². The lowest BCUT2D eigenvalue weighted by Gasteiger charge is -2.09. The third kappa shape index (κ3) is 3.31. The fraction of sp³-hybridized carbons (Fsp3) is 0.0952. The van der Waals surface area contributed by atoms with Crippen molar-refractivity contribution in [1.82, 2.24) is 18.9 Å². The molecule has 29 heavy (non-hydrogen) atoms. The summed E-state index contributed by atoms with van der Waals surface area (Å²) >= 11 is 0. The lowest BCUT2D eigenvalue weighted by Crippen LogP contribution is -2.08. The minimum absolute atomic E-state index is 0.385. The van der Waals surface area contributed by atoms with Gasteiger partial charge in [-0.15, -0.1) is 0 Å². The van der Waals surface area contributed by atoms with Gasteiger partial charge < -0.3 is 23.3 Å². The molecule has 0 fully saturated rings. The largest absolute Gasteiger partial charge is 0.492 e. The Hall–Kier alpha value is -4.07. The molecule has 5 rings (SSSR count). The lowest BCUT2D eigenvalue weighted by molar-refractivity contribution is 0.298. The van der Waals surface area contributed by atoms with E-state index in [0.29, 0.717) is 46.7 Å². The van der Waals surface area contributed by atoms with Crippen LogP contribution in [0.4, 0.5) is 0 Å². The molecule has 144 valence electrons. The summed E-state index contributed by atoms with van der Waals surface area (Å²) in [6, 6.07) is 11.0. The second-order valence-electron chi connectivity index (χ2n) is 6.52. The van der Waals surface area contributed by atoms with Gasteiger partial charge in [-0.3, -0.25) is 0 Å². The van der Waals surface area contributed by atoms with E-state index in [1.165, 1.54) is 0 Å². The van der Waals surface area contributed by atoms with Gasteiger partial charge in [-0.2, -0.15) is 0 Å². The first-order chi connectivity index (χ1) is 14.3. The summed E-state index contributed by atoms with van der Waals surface area (Å²) in [5.74, 6) is 1.17. The number of aromatic nitrogens is 4. The molecule has 0 amide bonds. The molecular formula is C21H17N5O3. The Morgan fingerprint density at radius 1 is 1.17 bits per heavy atom. The molecule has 0 saturated carbocycles. The van der Waals surface area contributed by atoms with Crippen LogP contribution in [0.3, 0.4) is 0 Å². The van der Waals surface area contributed by atoms with Crippen molar-refractivity contribution >= 4 is 16.5 Å². The van der Waals surface area contributed by atoms with Crippen LogP contribution in [0.25, 0.3) is 27.9 Å². The number of ether oxygens (including phenoxy) is 1. The Morgan fingerprint density at radius 2 is 2.14 bits per heavy atom. The fourth-order valence-electron chi connectivity index (χ4n) is 3.20. The minimum atomic E-state index is 0.385. The summed E-state index contributed by atoms with van der Waals surface area (Å²) in [7, 11) is 0. The number of hydrogen-bond donors (Lipinski definition) is 1. The van der Waals surface area contributed by atoms with Gasteiger partial charge in [0.25, 0.3) is 0 Å². The SMILES string of the molecule is O/N=c1/cc(-c2cn3cccc3cn2)oc2ccc(OCCn3ccnc3)cc12. The number of fused-ring (bicyclic) bond motifs is 2. The number of benzene rings is 1. The average molecular weight is 387 g/mol. The highest BCUT2D eigenvalue weighted by Crippen LogP contribution is 2.24. The van der Waals surface area contributed by atoms with Crippen LogP contribution in [-0.4, -0.2) is 30.7 Å². The quantitative estimate of drug-likeness (QED) is 0.369. The minimum Gasteiger partial charge on any atom is -0.492 e. The number of rotatable bonds is 5. The molecule has 0 unspecified atom stereocenters. The summed E-state index contributed by atoms with van der Waals surface area (Å²) < 4.78 is 15.7. The van der Waals surface area contributed by atoms with Gasteiger partial charge in [-0.1, -0.05) is 5.16 Å². The highest BCUT2D eigenvalue weighted by Gasteiger charge is 2.10. The molecule has 0 aliphatic heterocycles. The predicted molar refractivity (Wildman–Crippen MR) is 105 cm³/mol. The first kappa shape index (κ1) is 17.1. The van der Waals surface area contributed by atoms with Crippen LogP contribution >= 0.6 is 0 Å². The zero-order chi connectivity index (χ0) is 19.6. The molecule has 0 spiro atoms. The molecule has 5 aromatic rings. The molecular weight excluding hydrogens is 370 g/mol. The molecule has 0 aliphatic carbocycles. The molecule has 0 saturated heterocycles. The summed E-state index contributed by atoms with van der Waals surface area (Å²) in [6.07, 6.45) is 10.9. The normalized spacial score (nSPS) is 12.1. The topological polar surface area (TPSA) is 90.1 Å². The molecule has 1 N–H and O–H groups in total. The van der Waals surface area contributed by atoms with Crippen LogP contribution in [-0.2, 0) is 6.54 Å². The van der Waals surface area contributed by atoms with Crippen LogP contribution in [0.5, 0.6) is 5.75 Å². The molecule has 0 bridgehead atoms. The number of nitrogens with zero attached hydrogens (tertiary/aromatic N) is 5. The molecule has 4 heterocycles. The Kier molecular flexibility index (Phi) is 4.21. The van der Waals surface area contributed by atoms with Crippen LogP contribution in [0.1, 0.15) is 0 Å². The van der Waals surface area contributed by atoms with E-state index in [-0.39, 0.29) is 0 Å². The van der Waals surface area contributed by atoms with Gasteiger partial charge in [0.2, 0.25) is 0 Å². The van der Waals surface area contributed by atoms with Crippen molar-refractivity contribution in [2.24, 2.45) is 5.16 Å². The van der Waals surface area contributed by atoms with Crippen molar-refractivity contribution in [3.8, 4) is 17.2 Å². The fourth-order valence-corrected chi connectivity index (χ4v) is 3.20.